The fourth-order valence-corrected chi connectivity index (χ4v) is 5.62. The summed E-state index contributed by atoms with van der Waals surface area (Å²) < 4.78 is 0. The molecular formula is C20H21N5O6S2. The van der Waals surface area contributed by atoms with Crippen molar-refractivity contribution < 1.29 is 29.1 Å². The van der Waals surface area contributed by atoms with E-state index in [1.807, 2.05) is 13.0 Å². The van der Waals surface area contributed by atoms with E-state index in [-0.39, 0.29) is 27.5 Å². The Labute approximate surface area is 196 Å². The van der Waals surface area contributed by atoms with Crippen LogP contribution in [0.25, 0.3) is 0 Å². The maximum atomic E-state index is 13.1. The SMILES string of the molecule is CC1C=C(C(=O)O)N2C(=O)C(NC(=O)/C(=N\OC3=CCCCC3)c3csc(NC=O)n3)[C@H]2S1. The van der Waals surface area contributed by atoms with Crippen molar-refractivity contribution in [2.75, 3.05) is 5.32 Å². The van der Waals surface area contributed by atoms with Crippen LogP contribution in [-0.4, -0.2) is 61.6 Å². The summed E-state index contributed by atoms with van der Waals surface area (Å²) in [5.41, 5.74) is -0.0595. The third-order valence-corrected chi connectivity index (χ3v) is 7.30. The number of carbonyl (C=O) groups is 4. The van der Waals surface area contributed by atoms with E-state index >= 15 is 0 Å². The van der Waals surface area contributed by atoms with Gasteiger partial charge in [-0.2, -0.15) is 0 Å². The molecule has 4 rings (SSSR count). The zero-order chi connectivity index (χ0) is 23.5. The molecule has 3 N–H and O–H groups in total. The highest BCUT2D eigenvalue weighted by Crippen LogP contribution is 2.40. The number of hydrogen-bond donors (Lipinski definition) is 3. The number of nitrogens with one attached hydrogen (secondary N) is 2. The smallest absolute Gasteiger partial charge is 0.352 e. The molecule has 11 nitrogen and oxygen atoms in total. The lowest BCUT2D eigenvalue weighted by Crippen LogP contribution is -2.71. The Bertz CT molecular complexity index is 1080. The molecule has 2 unspecified atom stereocenters. The Morgan fingerprint density at radius 2 is 2.21 bits per heavy atom. The molecule has 0 bridgehead atoms. The largest absolute Gasteiger partial charge is 0.477 e. The van der Waals surface area contributed by atoms with Crippen LogP contribution >= 0.6 is 23.1 Å². The van der Waals surface area contributed by atoms with Crippen LogP contribution in [0.1, 0.15) is 38.3 Å². The van der Waals surface area contributed by atoms with Crippen molar-refractivity contribution in [1.82, 2.24) is 15.2 Å². The van der Waals surface area contributed by atoms with E-state index in [0.717, 1.165) is 30.6 Å². The quantitative estimate of drug-likeness (QED) is 0.215. The number of thioether (sulfide) groups is 1. The Kier molecular flexibility index (Phi) is 6.79. The van der Waals surface area contributed by atoms with Crippen LogP contribution in [0.4, 0.5) is 5.13 Å². The van der Waals surface area contributed by atoms with Gasteiger partial charge in [-0.05, 0) is 38.3 Å². The molecule has 1 fully saturated rings. The first-order valence-electron chi connectivity index (χ1n) is 10.2. The van der Waals surface area contributed by atoms with Crippen molar-refractivity contribution in [2.45, 2.75) is 49.3 Å². The molecule has 174 valence electrons. The maximum absolute atomic E-state index is 13.1. The summed E-state index contributed by atoms with van der Waals surface area (Å²) >= 11 is 2.48. The van der Waals surface area contributed by atoms with Gasteiger partial charge in [0.05, 0.1) is 0 Å². The molecule has 3 amide bonds. The highest BCUT2D eigenvalue weighted by Gasteiger charge is 2.54. The average Bonchev–Trinajstić information content (AvgIpc) is 3.26. The van der Waals surface area contributed by atoms with Gasteiger partial charge in [-0.15, -0.1) is 23.1 Å². The zero-order valence-corrected chi connectivity index (χ0v) is 19.1. The van der Waals surface area contributed by atoms with Crippen molar-refractivity contribution >= 4 is 58.1 Å². The number of oxime groups is 1. The molecule has 1 aromatic rings. The molecule has 1 aromatic heterocycles. The van der Waals surface area contributed by atoms with Gasteiger partial charge in [0.2, 0.25) is 6.41 Å². The molecule has 2 aliphatic heterocycles. The van der Waals surface area contributed by atoms with Gasteiger partial charge in [0.25, 0.3) is 11.8 Å². The lowest BCUT2D eigenvalue weighted by Gasteiger charge is -2.49. The van der Waals surface area contributed by atoms with E-state index in [1.54, 1.807) is 5.38 Å². The number of rotatable bonds is 8. The lowest BCUT2D eigenvalue weighted by molar-refractivity contribution is -0.150. The second kappa shape index (κ2) is 9.75. The monoisotopic (exact) mass is 491 g/mol. The molecule has 1 aliphatic carbocycles. The van der Waals surface area contributed by atoms with Crippen LogP contribution in [0.5, 0.6) is 0 Å². The molecule has 0 radical (unpaired) electrons. The summed E-state index contributed by atoms with van der Waals surface area (Å²) in [4.78, 5) is 58.9. The number of aromatic nitrogens is 1. The summed E-state index contributed by atoms with van der Waals surface area (Å²) in [6.07, 6.45) is 7.46. The van der Waals surface area contributed by atoms with Crippen LogP contribution in [-0.2, 0) is 24.0 Å². The number of anilines is 1. The first-order valence-corrected chi connectivity index (χ1v) is 12.1. The van der Waals surface area contributed by atoms with Gasteiger partial charge in [-0.1, -0.05) is 5.16 Å². The second-order valence-electron chi connectivity index (χ2n) is 7.50. The summed E-state index contributed by atoms with van der Waals surface area (Å²) in [7, 11) is 0. The fourth-order valence-electron chi connectivity index (χ4n) is 3.64. The van der Waals surface area contributed by atoms with Gasteiger partial charge in [0.15, 0.2) is 10.8 Å². The number of nitrogens with zero attached hydrogens (tertiary/aromatic N) is 3. The summed E-state index contributed by atoms with van der Waals surface area (Å²) in [5, 5.41) is 19.6. The van der Waals surface area contributed by atoms with Crippen LogP contribution in [0.3, 0.4) is 0 Å². The standard InChI is InChI=1S/C20H21N5O6S2/c1-10-7-13(19(29)30)25-17(28)15(18(25)33-10)23-16(27)14(12-8-32-20(22-12)21-9-26)24-31-11-5-3-2-4-6-11/h5,7-10,15,18H,2-4,6H2,1H3,(H,23,27)(H,29,30)(H,21,22,26)/b24-14-/t10?,15?,18-/m1/s1. The third kappa shape index (κ3) is 4.78. The molecule has 0 saturated carbocycles. The van der Waals surface area contributed by atoms with Crippen molar-refractivity contribution in [3.63, 3.8) is 0 Å². The van der Waals surface area contributed by atoms with Gasteiger partial charge in [0.1, 0.15) is 28.6 Å². The lowest BCUT2D eigenvalue weighted by atomic mass is 10.0. The van der Waals surface area contributed by atoms with E-state index in [4.69, 9.17) is 4.84 Å². The van der Waals surface area contributed by atoms with E-state index in [9.17, 15) is 24.3 Å². The topological polar surface area (TPSA) is 150 Å². The van der Waals surface area contributed by atoms with E-state index in [2.05, 4.69) is 20.8 Å². The van der Waals surface area contributed by atoms with Crippen LogP contribution in [0, 0.1) is 0 Å². The van der Waals surface area contributed by atoms with Gasteiger partial charge in [0, 0.05) is 17.1 Å². The number of β-lactam (4-membered cyclic amide) rings is 1. The minimum atomic E-state index is -1.20. The van der Waals surface area contributed by atoms with E-state index in [0.29, 0.717) is 18.6 Å². The Morgan fingerprint density at radius 1 is 1.39 bits per heavy atom. The number of fused-ring (bicyclic) bond motifs is 1. The van der Waals surface area contributed by atoms with Crippen LogP contribution in [0.15, 0.2) is 34.1 Å². The van der Waals surface area contributed by atoms with Crippen molar-refractivity contribution in [1.29, 1.82) is 0 Å². The van der Waals surface area contributed by atoms with E-state index in [1.165, 1.54) is 22.7 Å². The summed E-state index contributed by atoms with van der Waals surface area (Å²) in [6.45, 7) is 1.82. The number of amides is 3. The van der Waals surface area contributed by atoms with Crippen LogP contribution < -0.4 is 10.6 Å². The maximum Gasteiger partial charge on any atom is 0.352 e. The average molecular weight is 492 g/mol. The minimum absolute atomic E-state index is 0.0905. The van der Waals surface area contributed by atoms with Crippen molar-refractivity contribution in [3.8, 4) is 0 Å². The van der Waals surface area contributed by atoms with Gasteiger partial charge in [-0.3, -0.25) is 19.3 Å². The fraction of sp³-hybridized carbons (Fsp3) is 0.400. The molecule has 33 heavy (non-hydrogen) atoms. The number of carbonyl (C=O) groups excluding carboxylic acids is 3. The highest BCUT2D eigenvalue weighted by molar-refractivity contribution is 8.00. The minimum Gasteiger partial charge on any atom is -0.477 e. The molecule has 0 spiro atoms. The molecular weight excluding hydrogens is 470 g/mol. The Balaban J connectivity index is 1.54. The third-order valence-electron chi connectivity index (χ3n) is 5.20. The van der Waals surface area contributed by atoms with Crippen LogP contribution in [0.2, 0.25) is 0 Å². The summed E-state index contributed by atoms with van der Waals surface area (Å²) in [5.74, 6) is -1.75. The van der Waals surface area contributed by atoms with E-state index < -0.39 is 29.2 Å². The summed E-state index contributed by atoms with van der Waals surface area (Å²) in [6, 6.07) is -0.918. The van der Waals surface area contributed by atoms with Gasteiger partial charge in [-0.25, -0.2) is 9.78 Å². The van der Waals surface area contributed by atoms with Crippen molar-refractivity contribution in [2.24, 2.45) is 5.16 Å². The molecule has 3 heterocycles. The number of allylic oxidation sites excluding steroid dienone is 2. The predicted molar refractivity (Wildman–Crippen MR) is 121 cm³/mol. The highest BCUT2D eigenvalue weighted by atomic mass is 32.2. The van der Waals surface area contributed by atoms with Crippen molar-refractivity contribution in [3.05, 3.63) is 34.7 Å². The predicted octanol–water partition coefficient (Wildman–Crippen LogP) is 1.65. The number of thiazole rings is 1. The normalized spacial score (nSPS) is 24.6. The molecule has 0 aromatic carbocycles. The first kappa shape index (κ1) is 23.0. The second-order valence-corrected chi connectivity index (χ2v) is 9.85. The first-order chi connectivity index (χ1) is 15.9. The number of aliphatic carboxylic acids is 1. The molecule has 3 aliphatic rings. The Morgan fingerprint density at radius 3 is 2.91 bits per heavy atom. The van der Waals surface area contributed by atoms with Gasteiger partial charge >= 0.3 is 5.97 Å². The number of carboxylic acid groups (broad SMARTS) is 1. The number of hydrogen-bond acceptors (Lipinski definition) is 9. The molecule has 1 saturated heterocycles. The van der Waals surface area contributed by atoms with Gasteiger partial charge < -0.3 is 20.6 Å². The molecule has 3 atom stereocenters. The zero-order valence-electron chi connectivity index (χ0n) is 17.5. The Hall–Kier alpha value is -3.19. The number of carboxylic acids is 1. The molecule has 13 heteroatoms.